The van der Waals surface area contributed by atoms with Gasteiger partial charge in [-0.15, -0.1) is 0 Å². The van der Waals surface area contributed by atoms with Crippen molar-refractivity contribution in [3.05, 3.63) is 35.9 Å². The second-order valence-corrected chi connectivity index (χ2v) is 5.31. The van der Waals surface area contributed by atoms with Crippen LogP contribution in [0.3, 0.4) is 0 Å². The van der Waals surface area contributed by atoms with Crippen LogP contribution in [0.25, 0.3) is 0 Å². The lowest BCUT2D eigenvalue weighted by molar-refractivity contribution is 0.128. The summed E-state index contributed by atoms with van der Waals surface area (Å²) in [6.07, 6.45) is 3.76. The highest BCUT2D eigenvalue weighted by Crippen LogP contribution is 2.16. The predicted octanol–water partition coefficient (Wildman–Crippen LogP) is 3.13. The third kappa shape index (κ3) is 3.73. The van der Waals surface area contributed by atoms with Gasteiger partial charge >= 0.3 is 6.09 Å². The second-order valence-electron chi connectivity index (χ2n) is 5.31. The van der Waals surface area contributed by atoms with E-state index in [4.69, 9.17) is 4.74 Å². The maximum Gasteiger partial charge on any atom is 0.424 e. The van der Waals surface area contributed by atoms with Crippen molar-refractivity contribution < 1.29 is 9.53 Å². The molecule has 0 bridgehead atoms. The number of cyclic esters (lactones) is 1. The van der Waals surface area contributed by atoms with Gasteiger partial charge in [-0.25, -0.2) is 15.2 Å². The molecule has 1 saturated heterocycles. The van der Waals surface area contributed by atoms with Crippen molar-refractivity contribution in [1.29, 1.82) is 0 Å². The second kappa shape index (κ2) is 7.29. The van der Waals surface area contributed by atoms with Gasteiger partial charge in [0.15, 0.2) is 0 Å². The first-order valence-electron chi connectivity index (χ1n) is 7.50. The normalized spacial score (nSPS) is 20.0. The summed E-state index contributed by atoms with van der Waals surface area (Å²) in [6.45, 7) is 4.76. The molecule has 1 aromatic carbocycles. The van der Waals surface area contributed by atoms with E-state index in [-0.39, 0.29) is 12.1 Å². The summed E-state index contributed by atoms with van der Waals surface area (Å²) >= 11 is 0. The molecule has 0 spiro atoms. The van der Waals surface area contributed by atoms with Gasteiger partial charge in [0.2, 0.25) is 0 Å². The predicted molar refractivity (Wildman–Crippen MR) is 79.2 cm³/mol. The highest BCUT2D eigenvalue weighted by Gasteiger charge is 2.34. The molecule has 2 atom stereocenters. The highest BCUT2D eigenvalue weighted by atomic mass is 16.6. The van der Waals surface area contributed by atoms with Crippen molar-refractivity contribution in [2.45, 2.75) is 51.6 Å². The molecule has 1 aliphatic heterocycles. The highest BCUT2D eigenvalue weighted by molar-refractivity contribution is 5.69. The summed E-state index contributed by atoms with van der Waals surface area (Å²) in [5.41, 5.74) is 4.57. The largest absolute Gasteiger partial charge is 0.446 e. The minimum Gasteiger partial charge on any atom is -0.446 e. The molecule has 0 aromatic heterocycles. The fraction of sp³-hybridized carbons (Fsp3) is 0.562. The Labute approximate surface area is 121 Å². The van der Waals surface area contributed by atoms with Gasteiger partial charge < -0.3 is 4.74 Å². The molecule has 1 aromatic rings. The number of nitrogens with one attached hydrogen (secondary N) is 1. The zero-order valence-corrected chi connectivity index (χ0v) is 12.3. The van der Waals surface area contributed by atoms with Gasteiger partial charge in [-0.2, -0.15) is 0 Å². The van der Waals surface area contributed by atoms with E-state index < -0.39 is 0 Å². The van der Waals surface area contributed by atoms with Gasteiger partial charge in [0.1, 0.15) is 6.61 Å². The number of hydrogen-bond acceptors (Lipinski definition) is 3. The van der Waals surface area contributed by atoms with Crippen LogP contribution in [0.5, 0.6) is 0 Å². The van der Waals surface area contributed by atoms with Crippen LogP contribution in [0, 0.1) is 0 Å². The Kier molecular flexibility index (Phi) is 5.41. The molecular weight excluding hydrogens is 252 g/mol. The number of amides is 1. The molecule has 0 saturated carbocycles. The summed E-state index contributed by atoms with van der Waals surface area (Å²) in [6, 6.07) is 10.6. The van der Waals surface area contributed by atoms with E-state index in [0.717, 1.165) is 25.7 Å². The van der Waals surface area contributed by atoms with E-state index in [1.54, 1.807) is 5.01 Å². The summed E-state index contributed by atoms with van der Waals surface area (Å²) in [7, 11) is 0. The van der Waals surface area contributed by atoms with Crippen LogP contribution in [-0.2, 0) is 11.2 Å². The van der Waals surface area contributed by atoms with Crippen molar-refractivity contribution in [1.82, 2.24) is 10.4 Å². The van der Waals surface area contributed by atoms with Crippen LogP contribution >= 0.6 is 0 Å². The third-order valence-corrected chi connectivity index (χ3v) is 3.73. The van der Waals surface area contributed by atoms with Crippen LogP contribution in [0.15, 0.2) is 30.3 Å². The van der Waals surface area contributed by atoms with Gasteiger partial charge in [0, 0.05) is 6.04 Å². The lowest BCUT2D eigenvalue weighted by Crippen LogP contribution is -2.50. The van der Waals surface area contributed by atoms with Gasteiger partial charge in [0.05, 0.1) is 6.04 Å². The average molecular weight is 276 g/mol. The Balaban J connectivity index is 1.99. The van der Waals surface area contributed by atoms with Crippen LogP contribution in [0.1, 0.15) is 38.7 Å². The van der Waals surface area contributed by atoms with E-state index >= 15 is 0 Å². The Morgan fingerprint density at radius 1 is 1.35 bits per heavy atom. The Bertz CT molecular complexity index is 422. The van der Waals surface area contributed by atoms with Crippen LogP contribution < -0.4 is 5.43 Å². The van der Waals surface area contributed by atoms with Crippen molar-refractivity contribution in [3.8, 4) is 0 Å². The minimum absolute atomic E-state index is 0.0795. The molecule has 0 radical (unpaired) electrons. The summed E-state index contributed by atoms with van der Waals surface area (Å²) in [4.78, 5) is 11.9. The molecule has 1 heterocycles. The molecule has 20 heavy (non-hydrogen) atoms. The number of rotatable bonds is 7. The zero-order chi connectivity index (χ0) is 14.4. The van der Waals surface area contributed by atoms with Crippen molar-refractivity contribution in [2.24, 2.45) is 0 Å². The molecule has 4 heteroatoms. The van der Waals surface area contributed by atoms with Crippen molar-refractivity contribution in [3.63, 3.8) is 0 Å². The van der Waals surface area contributed by atoms with Gasteiger partial charge in [0.25, 0.3) is 0 Å². The Hall–Kier alpha value is -1.55. The number of carbonyl (C=O) groups is 1. The van der Waals surface area contributed by atoms with Gasteiger partial charge in [-0.3, -0.25) is 0 Å². The molecule has 0 unspecified atom stereocenters. The number of ether oxygens (including phenoxy) is 1. The molecule has 1 fully saturated rings. The number of benzene rings is 1. The summed E-state index contributed by atoms with van der Waals surface area (Å²) < 4.78 is 5.20. The van der Waals surface area contributed by atoms with Gasteiger partial charge in [-0.1, -0.05) is 50.6 Å². The number of hydrogen-bond donors (Lipinski definition) is 1. The maximum absolute atomic E-state index is 11.9. The topological polar surface area (TPSA) is 41.6 Å². The molecule has 1 aliphatic rings. The van der Waals surface area contributed by atoms with Crippen molar-refractivity contribution >= 4 is 6.09 Å². The molecule has 2 rings (SSSR count). The van der Waals surface area contributed by atoms with Gasteiger partial charge in [-0.05, 0) is 24.8 Å². The maximum atomic E-state index is 11.9. The Morgan fingerprint density at radius 2 is 2.10 bits per heavy atom. The molecule has 1 N–H and O–H groups in total. The first-order valence-corrected chi connectivity index (χ1v) is 7.50. The monoisotopic (exact) mass is 276 g/mol. The van der Waals surface area contributed by atoms with E-state index in [9.17, 15) is 4.79 Å². The number of carbonyl (C=O) groups excluding carboxylic acids is 1. The lowest BCUT2D eigenvalue weighted by Gasteiger charge is -2.27. The molecule has 1 amide bonds. The Morgan fingerprint density at radius 3 is 2.75 bits per heavy atom. The van der Waals surface area contributed by atoms with E-state index in [0.29, 0.717) is 12.6 Å². The summed E-state index contributed by atoms with van der Waals surface area (Å²) in [5, 5.41) is 1.69. The SMILES string of the molecule is CCC[C@H](CC)NN1C(=O)OC[C@@H]1Cc1ccccc1. The van der Waals surface area contributed by atoms with E-state index in [1.165, 1.54) is 5.56 Å². The molecule has 110 valence electrons. The first kappa shape index (κ1) is 14.9. The molecule has 0 aliphatic carbocycles. The first-order chi connectivity index (χ1) is 9.74. The minimum atomic E-state index is -0.250. The molecule has 4 nitrogen and oxygen atoms in total. The fourth-order valence-corrected chi connectivity index (χ4v) is 2.56. The standard InChI is InChI=1S/C16H24N2O2/c1-3-8-14(4-2)17-18-15(12-20-16(18)19)11-13-9-6-5-7-10-13/h5-7,9-10,14-15,17H,3-4,8,11-12H2,1-2H3/t14-,15-/m0/s1. The molecular formula is C16H24N2O2. The van der Waals surface area contributed by atoms with E-state index in [1.807, 2.05) is 18.2 Å². The average Bonchev–Trinajstić information content (AvgIpc) is 2.80. The number of nitrogens with zero attached hydrogens (tertiary/aromatic N) is 1. The van der Waals surface area contributed by atoms with Crippen LogP contribution in [0.4, 0.5) is 4.79 Å². The summed E-state index contributed by atoms with van der Waals surface area (Å²) in [5.74, 6) is 0. The zero-order valence-electron chi connectivity index (χ0n) is 12.3. The van der Waals surface area contributed by atoms with Crippen molar-refractivity contribution in [2.75, 3.05) is 6.61 Å². The van der Waals surface area contributed by atoms with E-state index in [2.05, 4.69) is 31.4 Å². The van der Waals surface area contributed by atoms with Crippen LogP contribution in [-0.4, -0.2) is 29.8 Å². The van der Waals surface area contributed by atoms with Crippen LogP contribution in [0.2, 0.25) is 0 Å². The fourth-order valence-electron chi connectivity index (χ4n) is 2.56. The number of hydrazine groups is 1. The quantitative estimate of drug-likeness (QED) is 0.832. The smallest absolute Gasteiger partial charge is 0.424 e. The third-order valence-electron chi connectivity index (χ3n) is 3.73. The lowest BCUT2D eigenvalue weighted by atomic mass is 10.1.